The smallest absolute Gasteiger partial charge is 0.351 e. The van der Waals surface area contributed by atoms with Crippen molar-refractivity contribution < 1.29 is 19.4 Å². The highest BCUT2D eigenvalue weighted by atomic mass is 16.7. The van der Waals surface area contributed by atoms with Gasteiger partial charge < -0.3 is 19.9 Å². The summed E-state index contributed by atoms with van der Waals surface area (Å²) in [6, 6.07) is 1.54. The molecule has 1 saturated heterocycles. The van der Waals surface area contributed by atoms with Gasteiger partial charge >= 0.3 is 5.69 Å². The van der Waals surface area contributed by atoms with Crippen LogP contribution in [0.1, 0.15) is 38.8 Å². The van der Waals surface area contributed by atoms with Crippen LogP contribution in [0.3, 0.4) is 0 Å². The zero-order valence-corrected chi connectivity index (χ0v) is 12.5. The maximum atomic E-state index is 12.0. The second kappa shape index (κ2) is 8.02. The minimum absolute atomic E-state index is 0.154. The van der Waals surface area contributed by atoms with Crippen molar-refractivity contribution in [2.75, 3.05) is 18.5 Å². The molecule has 0 spiro atoms. The number of nitrogens with zero attached hydrogens (tertiary/aromatic N) is 2. The lowest BCUT2D eigenvalue weighted by molar-refractivity contribution is -0.116. The first-order chi connectivity index (χ1) is 10.6. The molecule has 0 bridgehead atoms. The highest BCUT2D eigenvalue weighted by Gasteiger charge is 2.27. The van der Waals surface area contributed by atoms with Crippen molar-refractivity contribution in [3.05, 3.63) is 22.7 Å². The molecule has 2 heterocycles. The maximum Gasteiger partial charge on any atom is 0.351 e. The molecule has 122 valence electrons. The predicted molar refractivity (Wildman–Crippen MR) is 78.2 cm³/mol. The minimum Gasteiger partial charge on any atom is -0.391 e. The quantitative estimate of drug-likeness (QED) is 0.716. The molecule has 1 aliphatic rings. The van der Waals surface area contributed by atoms with Gasteiger partial charge in [-0.25, -0.2) is 4.79 Å². The number of aliphatic hydroxyl groups is 1. The zero-order chi connectivity index (χ0) is 15.9. The fourth-order valence-electron chi connectivity index (χ4n) is 2.13. The van der Waals surface area contributed by atoms with Crippen molar-refractivity contribution in [1.29, 1.82) is 0 Å². The van der Waals surface area contributed by atoms with Gasteiger partial charge in [-0.05, 0) is 12.5 Å². The van der Waals surface area contributed by atoms with E-state index in [9.17, 15) is 9.59 Å². The first-order valence-electron chi connectivity index (χ1n) is 7.41. The van der Waals surface area contributed by atoms with E-state index < -0.39 is 18.2 Å². The second-order valence-electron chi connectivity index (χ2n) is 5.04. The SMILES string of the molecule is CCCCCC(=O)Nc1ccn(C2COC(CO)O2)c(=O)n1. The highest BCUT2D eigenvalue weighted by Crippen LogP contribution is 2.19. The summed E-state index contributed by atoms with van der Waals surface area (Å²) in [4.78, 5) is 27.5. The molecule has 2 atom stereocenters. The van der Waals surface area contributed by atoms with Gasteiger partial charge in [0.1, 0.15) is 5.82 Å². The first-order valence-corrected chi connectivity index (χ1v) is 7.41. The lowest BCUT2D eigenvalue weighted by Gasteiger charge is -2.12. The molecule has 8 heteroatoms. The third-order valence-corrected chi connectivity index (χ3v) is 3.30. The number of rotatable bonds is 7. The Labute approximate surface area is 128 Å². The molecule has 2 rings (SSSR count). The van der Waals surface area contributed by atoms with Crippen LogP contribution in [-0.4, -0.2) is 40.1 Å². The van der Waals surface area contributed by atoms with E-state index in [0.29, 0.717) is 6.42 Å². The van der Waals surface area contributed by atoms with Gasteiger partial charge in [0.25, 0.3) is 0 Å². The Morgan fingerprint density at radius 2 is 2.36 bits per heavy atom. The normalized spacial score (nSPS) is 21.0. The van der Waals surface area contributed by atoms with Crippen LogP contribution >= 0.6 is 0 Å². The fourth-order valence-corrected chi connectivity index (χ4v) is 2.13. The van der Waals surface area contributed by atoms with Crippen LogP contribution in [0.4, 0.5) is 5.82 Å². The van der Waals surface area contributed by atoms with Crippen LogP contribution in [0.25, 0.3) is 0 Å². The van der Waals surface area contributed by atoms with E-state index in [1.807, 2.05) is 0 Å². The molecule has 1 aliphatic heterocycles. The summed E-state index contributed by atoms with van der Waals surface area (Å²) < 4.78 is 11.7. The summed E-state index contributed by atoms with van der Waals surface area (Å²) in [6.07, 6.45) is 3.41. The standard InChI is InChI=1S/C14H21N3O5/c1-2-3-4-5-11(19)15-10-6-7-17(14(20)16-10)12-9-21-13(8-18)22-12/h6-7,12-13,18H,2-5,8-9H2,1H3,(H,15,16,19,20). The van der Waals surface area contributed by atoms with Crippen LogP contribution in [0, 0.1) is 0 Å². The van der Waals surface area contributed by atoms with Crippen molar-refractivity contribution in [3.8, 4) is 0 Å². The molecule has 1 aromatic rings. The molecule has 1 amide bonds. The van der Waals surface area contributed by atoms with E-state index in [2.05, 4.69) is 17.2 Å². The summed E-state index contributed by atoms with van der Waals surface area (Å²) in [5, 5.41) is 11.5. The molecule has 0 aliphatic carbocycles. The monoisotopic (exact) mass is 311 g/mol. The van der Waals surface area contributed by atoms with Gasteiger partial charge in [-0.15, -0.1) is 0 Å². The molecule has 1 aromatic heterocycles. The van der Waals surface area contributed by atoms with Crippen molar-refractivity contribution >= 4 is 11.7 Å². The summed E-state index contributed by atoms with van der Waals surface area (Å²) in [5.74, 6) is 0.0688. The topological polar surface area (TPSA) is 103 Å². The number of unbranched alkanes of at least 4 members (excludes halogenated alkanes) is 2. The molecule has 1 fully saturated rings. The lowest BCUT2D eigenvalue weighted by Crippen LogP contribution is -2.29. The summed E-state index contributed by atoms with van der Waals surface area (Å²) in [6.45, 7) is 1.95. The molecule has 0 aromatic carbocycles. The maximum absolute atomic E-state index is 12.0. The van der Waals surface area contributed by atoms with Gasteiger partial charge in [0.05, 0.1) is 13.2 Å². The van der Waals surface area contributed by atoms with Crippen molar-refractivity contribution in [1.82, 2.24) is 9.55 Å². The number of anilines is 1. The molecule has 2 N–H and O–H groups in total. The van der Waals surface area contributed by atoms with Gasteiger partial charge in [-0.2, -0.15) is 4.98 Å². The second-order valence-corrected chi connectivity index (χ2v) is 5.04. The Morgan fingerprint density at radius 1 is 1.55 bits per heavy atom. The van der Waals surface area contributed by atoms with Gasteiger partial charge in [0.2, 0.25) is 5.91 Å². The third kappa shape index (κ3) is 4.36. The van der Waals surface area contributed by atoms with E-state index >= 15 is 0 Å². The molecule has 2 unspecified atom stereocenters. The highest BCUT2D eigenvalue weighted by molar-refractivity contribution is 5.89. The number of carbonyl (C=O) groups excluding carboxylic acids is 1. The minimum atomic E-state index is -0.727. The van der Waals surface area contributed by atoms with Crippen molar-refractivity contribution in [2.45, 2.75) is 45.1 Å². The van der Waals surface area contributed by atoms with Crippen LogP contribution in [0.2, 0.25) is 0 Å². The number of aliphatic hydroxyl groups excluding tert-OH is 1. The van der Waals surface area contributed by atoms with Crippen LogP contribution in [0.5, 0.6) is 0 Å². The molecular weight excluding hydrogens is 290 g/mol. The number of nitrogens with one attached hydrogen (secondary N) is 1. The molecule has 8 nitrogen and oxygen atoms in total. The molecule has 22 heavy (non-hydrogen) atoms. The van der Waals surface area contributed by atoms with Gasteiger partial charge in [-0.1, -0.05) is 19.8 Å². The Kier molecular flexibility index (Phi) is 6.05. The fraction of sp³-hybridized carbons (Fsp3) is 0.643. The number of carbonyl (C=O) groups is 1. The van der Waals surface area contributed by atoms with E-state index in [1.54, 1.807) is 0 Å². The number of hydrogen-bond acceptors (Lipinski definition) is 6. The number of aromatic nitrogens is 2. The van der Waals surface area contributed by atoms with Crippen LogP contribution in [-0.2, 0) is 14.3 Å². The third-order valence-electron chi connectivity index (χ3n) is 3.30. The summed E-state index contributed by atoms with van der Waals surface area (Å²) >= 11 is 0. The zero-order valence-electron chi connectivity index (χ0n) is 12.5. The van der Waals surface area contributed by atoms with E-state index in [1.165, 1.54) is 16.8 Å². The van der Waals surface area contributed by atoms with Gasteiger partial charge in [0, 0.05) is 12.6 Å². The summed E-state index contributed by atoms with van der Waals surface area (Å²) in [5.41, 5.74) is -0.543. The largest absolute Gasteiger partial charge is 0.391 e. The number of hydrogen-bond donors (Lipinski definition) is 2. The Morgan fingerprint density at radius 3 is 3.00 bits per heavy atom. The summed E-state index contributed by atoms with van der Waals surface area (Å²) in [7, 11) is 0. The van der Waals surface area contributed by atoms with Gasteiger partial charge in [-0.3, -0.25) is 9.36 Å². The van der Waals surface area contributed by atoms with Crippen molar-refractivity contribution in [3.63, 3.8) is 0 Å². The lowest BCUT2D eigenvalue weighted by atomic mass is 10.2. The Hall–Kier alpha value is -1.77. The average molecular weight is 311 g/mol. The average Bonchev–Trinajstić information content (AvgIpc) is 2.96. The van der Waals surface area contributed by atoms with E-state index in [-0.39, 0.29) is 24.9 Å². The predicted octanol–water partition coefficient (Wildman–Crippen LogP) is 0.626. The number of ether oxygens (including phenoxy) is 2. The number of amides is 1. The molecular formula is C14H21N3O5. The Bertz CT molecular complexity index is 560. The van der Waals surface area contributed by atoms with E-state index in [4.69, 9.17) is 14.6 Å². The van der Waals surface area contributed by atoms with Crippen molar-refractivity contribution in [2.24, 2.45) is 0 Å². The van der Waals surface area contributed by atoms with E-state index in [0.717, 1.165) is 19.3 Å². The Balaban J connectivity index is 1.95. The van der Waals surface area contributed by atoms with Gasteiger partial charge in [0.15, 0.2) is 12.5 Å². The first kappa shape index (κ1) is 16.6. The van der Waals surface area contributed by atoms with Crippen LogP contribution < -0.4 is 11.0 Å². The molecule has 0 saturated carbocycles. The van der Waals surface area contributed by atoms with Crippen LogP contribution in [0.15, 0.2) is 17.1 Å². The molecule has 0 radical (unpaired) electrons.